The first-order valence-corrected chi connectivity index (χ1v) is 13.1. The third kappa shape index (κ3) is 4.54. The minimum absolute atomic E-state index is 0.0335. The molecule has 0 aliphatic heterocycles. The lowest BCUT2D eigenvalue weighted by atomic mass is 10.2. The molecule has 6 rings (SSSR count). The van der Waals surface area contributed by atoms with Gasteiger partial charge in [0.2, 0.25) is 0 Å². The highest BCUT2D eigenvalue weighted by atomic mass is 35.5. The minimum atomic E-state index is -0.464. The van der Waals surface area contributed by atoms with E-state index in [2.05, 4.69) is 10.1 Å². The lowest BCUT2D eigenvalue weighted by Gasteiger charge is -2.11. The number of methoxy groups -OCH3 is 2. The highest BCUT2D eigenvalue weighted by Gasteiger charge is 2.19. The van der Waals surface area contributed by atoms with Crippen molar-refractivity contribution in [2.45, 2.75) is 10.9 Å². The Morgan fingerprint density at radius 3 is 2.48 bits per heavy atom. The average molecular weight is 576 g/mol. The maximum Gasteiger partial charge on any atom is 0.269 e. The molecule has 0 fully saturated rings. The number of nitrogens with zero attached hydrogens (tertiary/aromatic N) is 7. The Morgan fingerprint density at radius 1 is 1.00 bits per heavy atom. The number of hydrogen-bond acceptors (Lipinski definition) is 10. The van der Waals surface area contributed by atoms with E-state index >= 15 is 0 Å². The number of fused-ring (bicyclic) bond motifs is 4. The topological polar surface area (TPSA) is 139 Å². The number of non-ortho nitro benzene ring substituents is 1. The van der Waals surface area contributed by atoms with Crippen LogP contribution in [0.2, 0.25) is 5.02 Å². The molecule has 0 N–H and O–H groups in total. The summed E-state index contributed by atoms with van der Waals surface area (Å²) in [4.78, 5) is 37.4. The summed E-state index contributed by atoms with van der Waals surface area (Å²) in [7, 11) is 3.08. The SMILES string of the molecule is COc1cc2nc(SCc3cc(=O)n4cc(Cl)ccc4n3)n3nc(-c4ccc([N+](=O)[O-])cc4)nc3c2cc1OC. The minimum Gasteiger partial charge on any atom is -0.493 e. The number of ether oxygens (including phenoxy) is 2. The molecule has 0 bridgehead atoms. The molecule has 4 heterocycles. The summed E-state index contributed by atoms with van der Waals surface area (Å²) in [5.74, 6) is 1.68. The number of halogens is 1. The second-order valence-electron chi connectivity index (χ2n) is 8.54. The molecule has 0 radical (unpaired) electrons. The number of aromatic nitrogens is 6. The van der Waals surface area contributed by atoms with Gasteiger partial charge in [0.05, 0.1) is 35.4 Å². The van der Waals surface area contributed by atoms with Crippen LogP contribution in [0.25, 0.3) is 33.6 Å². The van der Waals surface area contributed by atoms with Gasteiger partial charge in [-0.15, -0.1) is 5.10 Å². The summed E-state index contributed by atoms with van der Waals surface area (Å²) in [5, 5.41) is 17.4. The van der Waals surface area contributed by atoms with Gasteiger partial charge in [0.25, 0.3) is 11.2 Å². The highest BCUT2D eigenvalue weighted by molar-refractivity contribution is 7.98. The van der Waals surface area contributed by atoms with Crippen molar-refractivity contribution in [2.24, 2.45) is 0 Å². The van der Waals surface area contributed by atoms with E-state index in [0.29, 0.717) is 66.7 Å². The molecule has 2 aromatic carbocycles. The number of pyridine rings is 1. The van der Waals surface area contributed by atoms with Crippen LogP contribution in [0.15, 0.2) is 70.7 Å². The first kappa shape index (κ1) is 25.5. The van der Waals surface area contributed by atoms with Crippen molar-refractivity contribution in [1.82, 2.24) is 29.0 Å². The van der Waals surface area contributed by atoms with Crippen molar-refractivity contribution in [2.75, 3.05) is 14.2 Å². The van der Waals surface area contributed by atoms with Gasteiger partial charge in [-0.1, -0.05) is 23.4 Å². The zero-order valence-electron chi connectivity index (χ0n) is 20.9. The summed E-state index contributed by atoms with van der Waals surface area (Å²) in [6.07, 6.45) is 1.52. The molecule has 40 heavy (non-hydrogen) atoms. The number of nitro groups is 1. The standard InChI is InChI=1S/C26H18ClN7O5S/c1-38-20-10-18-19(11-21(20)39-2)29-26(40-13-16-9-23(35)32-12-15(27)5-8-22(32)28-16)33-25(18)30-24(31-33)14-3-6-17(7-4-14)34(36)37/h3-12H,13H2,1-2H3. The Balaban J connectivity index is 1.47. The number of rotatable bonds is 7. The van der Waals surface area contributed by atoms with Crippen molar-refractivity contribution < 1.29 is 14.4 Å². The van der Waals surface area contributed by atoms with Crippen molar-refractivity contribution in [3.05, 3.63) is 92.0 Å². The molecule has 0 saturated heterocycles. The molecule has 0 unspecified atom stereocenters. The van der Waals surface area contributed by atoms with Gasteiger partial charge in [-0.05, 0) is 30.3 Å². The summed E-state index contributed by atoms with van der Waals surface area (Å²) < 4.78 is 13.9. The second-order valence-corrected chi connectivity index (χ2v) is 9.92. The quantitative estimate of drug-likeness (QED) is 0.113. The van der Waals surface area contributed by atoms with Crippen molar-refractivity contribution >= 4 is 51.2 Å². The van der Waals surface area contributed by atoms with Gasteiger partial charge in [0.1, 0.15) is 5.65 Å². The summed E-state index contributed by atoms with van der Waals surface area (Å²) in [6, 6.07) is 14.3. The van der Waals surface area contributed by atoms with E-state index in [1.165, 1.54) is 47.7 Å². The van der Waals surface area contributed by atoms with Crippen LogP contribution in [-0.2, 0) is 5.75 Å². The molecule has 0 aliphatic carbocycles. The van der Waals surface area contributed by atoms with Gasteiger partial charge in [-0.25, -0.2) is 15.0 Å². The van der Waals surface area contributed by atoms with E-state index in [4.69, 9.17) is 31.0 Å². The van der Waals surface area contributed by atoms with E-state index < -0.39 is 4.92 Å². The third-order valence-corrected chi connectivity index (χ3v) is 7.30. The Hall–Kier alpha value is -4.75. The molecule has 12 nitrogen and oxygen atoms in total. The molecule has 6 aromatic rings. The first-order valence-electron chi connectivity index (χ1n) is 11.7. The average Bonchev–Trinajstić information content (AvgIpc) is 3.41. The third-order valence-electron chi connectivity index (χ3n) is 6.11. The van der Waals surface area contributed by atoms with Gasteiger partial charge in [0, 0.05) is 47.2 Å². The zero-order chi connectivity index (χ0) is 28.0. The van der Waals surface area contributed by atoms with Crippen LogP contribution in [-0.4, -0.2) is 48.1 Å². The molecule has 14 heteroatoms. The molecule has 0 amide bonds. The first-order chi connectivity index (χ1) is 19.3. The zero-order valence-corrected chi connectivity index (χ0v) is 22.5. The fraction of sp³-hybridized carbons (Fsp3) is 0.115. The van der Waals surface area contributed by atoms with Gasteiger partial charge in [0.15, 0.2) is 28.1 Å². The van der Waals surface area contributed by atoms with Crippen LogP contribution in [0.1, 0.15) is 5.69 Å². The number of thioether (sulfide) groups is 1. The predicted octanol–water partition coefficient (Wildman–Crippen LogP) is 4.82. The van der Waals surface area contributed by atoms with Gasteiger partial charge >= 0.3 is 0 Å². The number of benzene rings is 2. The van der Waals surface area contributed by atoms with Gasteiger partial charge < -0.3 is 9.47 Å². The molecule has 0 atom stereocenters. The Kier molecular flexibility index (Phi) is 6.44. The van der Waals surface area contributed by atoms with Crippen LogP contribution in [0.3, 0.4) is 0 Å². The maximum absolute atomic E-state index is 12.7. The Morgan fingerprint density at radius 2 is 1.75 bits per heavy atom. The van der Waals surface area contributed by atoms with E-state index in [0.717, 1.165) is 0 Å². The summed E-state index contributed by atoms with van der Waals surface area (Å²) >= 11 is 7.35. The lowest BCUT2D eigenvalue weighted by molar-refractivity contribution is -0.384. The van der Waals surface area contributed by atoms with Crippen LogP contribution in [0.5, 0.6) is 11.5 Å². The van der Waals surface area contributed by atoms with Crippen molar-refractivity contribution in [1.29, 1.82) is 0 Å². The predicted molar refractivity (Wildman–Crippen MR) is 150 cm³/mol. The molecule has 4 aromatic heterocycles. The van der Waals surface area contributed by atoms with E-state index in [1.807, 2.05) is 0 Å². The van der Waals surface area contributed by atoms with Crippen molar-refractivity contribution in [3.63, 3.8) is 0 Å². The molecule has 0 saturated carbocycles. The smallest absolute Gasteiger partial charge is 0.269 e. The molecule has 0 spiro atoms. The van der Waals surface area contributed by atoms with Gasteiger partial charge in [-0.2, -0.15) is 4.52 Å². The molecule has 200 valence electrons. The van der Waals surface area contributed by atoms with Crippen LogP contribution in [0, 0.1) is 10.1 Å². The normalized spacial score (nSPS) is 11.4. The van der Waals surface area contributed by atoms with Crippen LogP contribution < -0.4 is 15.0 Å². The fourth-order valence-corrected chi connectivity index (χ4v) is 5.19. The lowest BCUT2D eigenvalue weighted by Crippen LogP contribution is -2.15. The van der Waals surface area contributed by atoms with Crippen molar-refractivity contribution in [3.8, 4) is 22.9 Å². The van der Waals surface area contributed by atoms with E-state index in [9.17, 15) is 14.9 Å². The highest BCUT2D eigenvalue weighted by Crippen LogP contribution is 2.35. The largest absolute Gasteiger partial charge is 0.493 e. The Labute approximate surface area is 234 Å². The molecule has 0 aliphatic rings. The Bertz CT molecular complexity index is 2010. The van der Waals surface area contributed by atoms with E-state index in [-0.39, 0.29) is 11.2 Å². The van der Waals surface area contributed by atoms with Crippen LogP contribution in [0.4, 0.5) is 5.69 Å². The molecular formula is C26H18ClN7O5S. The van der Waals surface area contributed by atoms with Crippen LogP contribution >= 0.6 is 23.4 Å². The fourth-order valence-electron chi connectivity index (χ4n) is 4.20. The number of nitro benzene ring substituents is 1. The van der Waals surface area contributed by atoms with Gasteiger partial charge in [-0.3, -0.25) is 19.3 Å². The monoisotopic (exact) mass is 575 g/mol. The second kappa shape index (κ2) is 10.1. The molecular weight excluding hydrogens is 558 g/mol. The summed E-state index contributed by atoms with van der Waals surface area (Å²) in [6.45, 7) is 0. The van der Waals surface area contributed by atoms with E-state index in [1.54, 1.807) is 48.0 Å². The maximum atomic E-state index is 12.7. The number of hydrogen-bond donors (Lipinski definition) is 0. The summed E-state index contributed by atoms with van der Waals surface area (Å²) in [5.41, 5.74) is 2.44.